The second kappa shape index (κ2) is 4.21. The zero-order valence-electron chi connectivity index (χ0n) is 4.03. The number of carboxylic acids is 1. The Balaban J connectivity index is 3.32. The van der Waals surface area contributed by atoms with Crippen LogP contribution in [0, 0.1) is 0 Å². The summed E-state index contributed by atoms with van der Waals surface area (Å²) in [5, 5.41) is 8.16. The summed E-state index contributed by atoms with van der Waals surface area (Å²) in [6, 6.07) is -0.735. The van der Waals surface area contributed by atoms with Gasteiger partial charge in [0.15, 0.2) is 0 Å². The molecule has 0 aliphatic carbocycles. The first-order chi connectivity index (χ1) is 3.68. The first-order valence-corrected chi connectivity index (χ1v) is 4.92. The average molecular weight is 199 g/mol. The molecule has 3 nitrogen and oxygen atoms in total. The molecule has 1 atom stereocenters. The van der Waals surface area contributed by atoms with Gasteiger partial charge in [0.2, 0.25) is 0 Å². The molecule has 0 unspecified atom stereocenters. The topological polar surface area (TPSA) is 63.3 Å². The molecule has 1 radical (unpaired) electrons. The van der Waals surface area contributed by atoms with E-state index in [9.17, 15) is 4.79 Å². The average Bonchev–Trinajstić information content (AvgIpc) is 1.67. The Morgan fingerprint density at radius 2 is 2.50 bits per heavy atom. The molecule has 47 valence electrons. The third-order valence-electron chi connectivity index (χ3n) is 0.565. The number of nitrogens with two attached hydrogens (primary N) is 1. The molecule has 0 spiro atoms. The Bertz CT molecular complexity index is 89.4. The Labute approximate surface area is 58.9 Å². The van der Waals surface area contributed by atoms with E-state index in [0.29, 0.717) is 5.75 Å². The number of aliphatic carboxylic acids is 1. The summed E-state index contributed by atoms with van der Waals surface area (Å²) < 4.78 is 0. The summed E-state index contributed by atoms with van der Waals surface area (Å²) in [4.78, 5) is 9.94. The van der Waals surface area contributed by atoms with Crippen molar-refractivity contribution < 1.29 is 9.90 Å². The van der Waals surface area contributed by atoms with E-state index in [4.69, 9.17) is 10.8 Å². The maximum atomic E-state index is 9.94. The fourth-order valence-electron chi connectivity index (χ4n) is 0.145. The molecule has 0 aromatic rings. The quantitative estimate of drug-likeness (QED) is 0.585. The minimum atomic E-state index is -0.951. The third kappa shape index (κ3) is 3.32. The molecular weight excluding hydrogens is 193 g/mol. The van der Waals surface area contributed by atoms with Gasteiger partial charge in [0, 0.05) is 0 Å². The molecule has 0 saturated heterocycles. The van der Waals surface area contributed by atoms with E-state index >= 15 is 0 Å². The van der Waals surface area contributed by atoms with Crippen molar-refractivity contribution in [1.29, 1.82) is 0 Å². The van der Waals surface area contributed by atoms with Crippen molar-refractivity contribution in [2.24, 2.45) is 5.73 Å². The number of carboxylic acid groups (broad SMARTS) is 1. The molecule has 0 amide bonds. The van der Waals surface area contributed by atoms with E-state index in [1.807, 2.05) is 0 Å². The van der Waals surface area contributed by atoms with Crippen LogP contribution in [0.15, 0.2) is 0 Å². The standard InChI is InChI=1S/C3H6NO2SSe/c4-2(1-7-8)3(5)6/h2H,1,4H2,(H,5,6)/t2-/m0/s1. The molecule has 5 heteroatoms. The Morgan fingerprint density at radius 3 is 2.62 bits per heavy atom. The molecule has 0 heterocycles. The van der Waals surface area contributed by atoms with Gasteiger partial charge in [0.05, 0.1) is 0 Å². The summed E-state index contributed by atoms with van der Waals surface area (Å²) in [6.45, 7) is 0. The van der Waals surface area contributed by atoms with E-state index in [-0.39, 0.29) is 0 Å². The van der Waals surface area contributed by atoms with Crippen LogP contribution < -0.4 is 5.73 Å². The normalized spacial score (nSPS) is 13.2. The van der Waals surface area contributed by atoms with Crippen LogP contribution in [0.5, 0.6) is 0 Å². The molecule has 0 bridgehead atoms. The van der Waals surface area contributed by atoms with Crippen molar-refractivity contribution in [2.75, 3.05) is 5.75 Å². The van der Waals surface area contributed by atoms with E-state index in [1.54, 1.807) is 0 Å². The van der Waals surface area contributed by atoms with E-state index in [0.717, 1.165) is 0 Å². The Morgan fingerprint density at radius 1 is 2.00 bits per heavy atom. The first kappa shape index (κ1) is 8.30. The van der Waals surface area contributed by atoms with Gasteiger partial charge in [-0.1, -0.05) is 0 Å². The number of hydrogen-bond acceptors (Lipinski definition) is 3. The molecular formula is C3H6NO2SSe. The van der Waals surface area contributed by atoms with Gasteiger partial charge < -0.3 is 0 Å². The summed E-state index contributed by atoms with van der Waals surface area (Å²) in [5.41, 5.74) is 5.09. The summed E-state index contributed by atoms with van der Waals surface area (Å²) in [5.74, 6) is -0.525. The van der Waals surface area contributed by atoms with Crippen LogP contribution in [0.25, 0.3) is 0 Å². The SMILES string of the molecule is N[C@@H](CS[Se])C(=O)O. The Kier molecular flexibility index (Phi) is 4.36. The van der Waals surface area contributed by atoms with Crippen LogP contribution in [0.2, 0.25) is 0 Å². The van der Waals surface area contributed by atoms with Crippen molar-refractivity contribution >= 4 is 31.0 Å². The number of hydrogen-bond donors (Lipinski definition) is 2. The minimum absolute atomic E-state index is 0.426. The summed E-state index contributed by atoms with van der Waals surface area (Å²) >= 11 is 2.60. The van der Waals surface area contributed by atoms with Crippen LogP contribution in [0.4, 0.5) is 0 Å². The van der Waals surface area contributed by atoms with E-state index in [1.165, 1.54) is 10.2 Å². The molecule has 0 aliphatic rings. The molecule has 0 aromatic carbocycles. The fraction of sp³-hybridized carbons (Fsp3) is 0.667. The van der Waals surface area contributed by atoms with Gasteiger partial charge in [0.1, 0.15) is 0 Å². The van der Waals surface area contributed by atoms with Crippen molar-refractivity contribution in [3.63, 3.8) is 0 Å². The van der Waals surface area contributed by atoms with Crippen molar-refractivity contribution in [2.45, 2.75) is 6.04 Å². The monoisotopic (exact) mass is 200 g/mol. The van der Waals surface area contributed by atoms with E-state index in [2.05, 4.69) is 14.9 Å². The predicted molar refractivity (Wildman–Crippen MR) is 33.8 cm³/mol. The van der Waals surface area contributed by atoms with Gasteiger partial charge in [-0.15, -0.1) is 0 Å². The second-order valence-corrected chi connectivity index (χ2v) is 3.28. The molecule has 8 heavy (non-hydrogen) atoms. The van der Waals surface area contributed by atoms with Gasteiger partial charge in [0.25, 0.3) is 0 Å². The molecule has 0 fully saturated rings. The van der Waals surface area contributed by atoms with Crippen molar-refractivity contribution in [3.05, 3.63) is 0 Å². The van der Waals surface area contributed by atoms with Gasteiger partial charge in [-0.05, 0) is 0 Å². The molecule has 0 saturated carbocycles. The second-order valence-electron chi connectivity index (χ2n) is 1.23. The number of rotatable bonds is 3. The van der Waals surface area contributed by atoms with Gasteiger partial charge in [-0.2, -0.15) is 0 Å². The Hall–Kier alpha value is 0.299. The number of carbonyl (C=O) groups is 1. The van der Waals surface area contributed by atoms with Crippen molar-refractivity contribution in [1.82, 2.24) is 0 Å². The molecule has 0 rings (SSSR count). The van der Waals surface area contributed by atoms with Gasteiger partial charge >= 0.3 is 58.5 Å². The fourth-order valence-corrected chi connectivity index (χ4v) is 1.36. The van der Waals surface area contributed by atoms with Gasteiger partial charge in [-0.25, -0.2) is 0 Å². The maximum absolute atomic E-state index is 9.94. The molecule has 0 aliphatic heterocycles. The summed E-state index contributed by atoms with van der Waals surface area (Å²) in [6.07, 6.45) is 0. The molecule has 3 N–H and O–H groups in total. The predicted octanol–water partition coefficient (Wildman–Crippen LogP) is -0.785. The van der Waals surface area contributed by atoms with E-state index < -0.39 is 12.0 Å². The van der Waals surface area contributed by atoms with Crippen LogP contribution in [0.1, 0.15) is 0 Å². The van der Waals surface area contributed by atoms with Crippen molar-refractivity contribution in [3.8, 4) is 0 Å². The van der Waals surface area contributed by atoms with Gasteiger partial charge in [-0.3, -0.25) is 0 Å². The summed E-state index contributed by atoms with van der Waals surface area (Å²) in [7, 11) is 1.31. The zero-order valence-corrected chi connectivity index (χ0v) is 6.56. The van der Waals surface area contributed by atoms with Crippen LogP contribution in [0.3, 0.4) is 0 Å². The van der Waals surface area contributed by atoms with Crippen LogP contribution in [-0.4, -0.2) is 37.8 Å². The third-order valence-corrected chi connectivity index (χ3v) is 1.92. The zero-order chi connectivity index (χ0) is 6.57. The van der Waals surface area contributed by atoms with Crippen LogP contribution >= 0.6 is 10.2 Å². The van der Waals surface area contributed by atoms with Crippen LogP contribution in [-0.2, 0) is 4.79 Å². The molecule has 0 aromatic heterocycles. The first-order valence-electron chi connectivity index (χ1n) is 1.91.